The molecule has 2 aromatic carbocycles. The Morgan fingerprint density at radius 3 is 2.34 bits per heavy atom. The predicted molar refractivity (Wildman–Crippen MR) is 127 cm³/mol. The van der Waals surface area contributed by atoms with E-state index in [1.54, 1.807) is 19.1 Å². The maximum atomic E-state index is 11.5. The molecule has 7 heteroatoms. The summed E-state index contributed by atoms with van der Waals surface area (Å²) in [5.41, 5.74) is 1.44. The molecule has 0 radical (unpaired) electrons. The van der Waals surface area contributed by atoms with Crippen molar-refractivity contribution in [2.24, 2.45) is 4.99 Å². The van der Waals surface area contributed by atoms with Gasteiger partial charge in [0, 0.05) is 13.1 Å². The molecule has 0 aliphatic carbocycles. The minimum atomic E-state index is -1.03. The van der Waals surface area contributed by atoms with Gasteiger partial charge in [0.05, 0.1) is 19.2 Å². The maximum absolute atomic E-state index is 11.5. The Bertz CT molecular complexity index is 778. The molecule has 0 amide bonds. The lowest BCUT2D eigenvalue weighted by atomic mass is 9.96. The van der Waals surface area contributed by atoms with E-state index in [1.165, 1.54) is 7.11 Å². The first kappa shape index (κ1) is 24.9. The van der Waals surface area contributed by atoms with E-state index in [-0.39, 0.29) is 36.5 Å². The van der Waals surface area contributed by atoms with Crippen LogP contribution in [0.5, 0.6) is 0 Å². The average Bonchev–Trinajstić information content (AvgIpc) is 2.72. The topological polar surface area (TPSA) is 83.0 Å². The Morgan fingerprint density at radius 1 is 1.10 bits per heavy atom. The summed E-state index contributed by atoms with van der Waals surface area (Å²) in [6.45, 7) is 5.42. The summed E-state index contributed by atoms with van der Waals surface area (Å²) < 4.78 is 4.71. The summed E-state index contributed by atoms with van der Waals surface area (Å²) in [7, 11) is 1.37. The van der Waals surface area contributed by atoms with Crippen molar-refractivity contribution in [3.63, 3.8) is 0 Å². The van der Waals surface area contributed by atoms with Crippen molar-refractivity contribution in [2.75, 3.05) is 26.7 Å². The summed E-state index contributed by atoms with van der Waals surface area (Å²) in [4.78, 5) is 16.0. The highest BCUT2D eigenvalue weighted by molar-refractivity contribution is 14.0. The number of benzene rings is 2. The molecule has 0 fully saturated rings. The summed E-state index contributed by atoms with van der Waals surface area (Å²) in [6.07, 6.45) is 0.779. The number of nitrogens with zero attached hydrogens (tertiary/aromatic N) is 1. The van der Waals surface area contributed by atoms with E-state index >= 15 is 0 Å². The molecule has 0 aliphatic rings. The van der Waals surface area contributed by atoms with Crippen molar-refractivity contribution in [3.05, 3.63) is 71.3 Å². The van der Waals surface area contributed by atoms with Crippen LogP contribution in [-0.4, -0.2) is 43.8 Å². The second kappa shape index (κ2) is 12.4. The number of hydrogen-bond acceptors (Lipinski definition) is 4. The van der Waals surface area contributed by atoms with E-state index < -0.39 is 5.60 Å². The number of esters is 1. The largest absolute Gasteiger partial charge is 0.465 e. The molecule has 1 unspecified atom stereocenters. The number of rotatable bonds is 8. The Morgan fingerprint density at radius 2 is 1.76 bits per heavy atom. The van der Waals surface area contributed by atoms with Crippen LogP contribution in [0.4, 0.5) is 0 Å². The van der Waals surface area contributed by atoms with Crippen LogP contribution in [0.25, 0.3) is 0 Å². The SMILES string of the molecule is CCNC(=NCC(C)(O)c1ccccc1)NCCc1ccc(C(=O)OC)cc1.I. The molecule has 29 heavy (non-hydrogen) atoms. The molecule has 3 N–H and O–H groups in total. The average molecular weight is 511 g/mol. The Kier molecular flexibility index (Phi) is 10.7. The van der Waals surface area contributed by atoms with Gasteiger partial charge in [-0.2, -0.15) is 0 Å². The summed E-state index contributed by atoms with van der Waals surface area (Å²) in [6, 6.07) is 16.9. The molecule has 0 spiro atoms. The van der Waals surface area contributed by atoms with E-state index in [0.29, 0.717) is 18.1 Å². The van der Waals surface area contributed by atoms with Gasteiger partial charge in [0.1, 0.15) is 5.60 Å². The van der Waals surface area contributed by atoms with E-state index in [9.17, 15) is 9.90 Å². The molecule has 2 aromatic rings. The molecule has 6 nitrogen and oxygen atoms in total. The number of ether oxygens (including phenoxy) is 1. The van der Waals surface area contributed by atoms with E-state index in [1.807, 2.05) is 49.4 Å². The number of halogens is 1. The third-order valence-corrected chi connectivity index (χ3v) is 4.37. The molecular weight excluding hydrogens is 481 g/mol. The fraction of sp³-hybridized carbons (Fsp3) is 0.364. The molecular formula is C22H30IN3O3. The zero-order valence-corrected chi connectivity index (χ0v) is 19.5. The van der Waals surface area contributed by atoms with Gasteiger partial charge in [0.15, 0.2) is 5.96 Å². The summed E-state index contributed by atoms with van der Waals surface area (Å²) in [5, 5.41) is 17.2. The maximum Gasteiger partial charge on any atom is 0.337 e. The minimum absolute atomic E-state index is 0. The smallest absolute Gasteiger partial charge is 0.337 e. The Hall–Kier alpha value is -2.13. The van der Waals surface area contributed by atoms with Gasteiger partial charge in [0.2, 0.25) is 0 Å². The van der Waals surface area contributed by atoms with Crippen LogP contribution in [0.2, 0.25) is 0 Å². The van der Waals surface area contributed by atoms with Crippen LogP contribution in [-0.2, 0) is 16.8 Å². The van der Waals surface area contributed by atoms with Crippen LogP contribution in [0.15, 0.2) is 59.6 Å². The quantitative estimate of drug-likeness (QED) is 0.220. The predicted octanol–water partition coefficient (Wildman–Crippen LogP) is 3.10. The van der Waals surface area contributed by atoms with Crippen molar-refractivity contribution in [3.8, 4) is 0 Å². The van der Waals surface area contributed by atoms with Crippen LogP contribution < -0.4 is 10.6 Å². The van der Waals surface area contributed by atoms with Gasteiger partial charge in [-0.1, -0.05) is 42.5 Å². The molecule has 0 saturated heterocycles. The molecule has 0 aromatic heterocycles. The summed E-state index contributed by atoms with van der Waals surface area (Å²) >= 11 is 0. The Balaban J connectivity index is 0.00000420. The lowest BCUT2D eigenvalue weighted by Crippen LogP contribution is -2.39. The number of aliphatic hydroxyl groups is 1. The van der Waals surface area contributed by atoms with Gasteiger partial charge in [0.25, 0.3) is 0 Å². The van der Waals surface area contributed by atoms with Crippen LogP contribution >= 0.6 is 24.0 Å². The van der Waals surface area contributed by atoms with Gasteiger partial charge in [-0.25, -0.2) is 9.79 Å². The number of carbonyl (C=O) groups is 1. The molecule has 1 atom stereocenters. The first-order valence-corrected chi connectivity index (χ1v) is 9.43. The third kappa shape index (κ3) is 8.02. The van der Waals surface area contributed by atoms with Gasteiger partial charge in [-0.3, -0.25) is 0 Å². The zero-order valence-electron chi connectivity index (χ0n) is 17.1. The van der Waals surface area contributed by atoms with Crippen molar-refractivity contribution < 1.29 is 14.6 Å². The normalized spacial score (nSPS) is 13.0. The second-order valence-electron chi connectivity index (χ2n) is 6.70. The standard InChI is InChI=1S/C22H29N3O3.HI/c1-4-23-21(25-16-22(2,27)19-8-6-5-7-9-19)24-15-14-17-10-12-18(13-11-17)20(26)28-3;/h5-13,27H,4,14-16H2,1-3H3,(H2,23,24,25);1H. The molecule has 0 bridgehead atoms. The van der Waals surface area contributed by atoms with Gasteiger partial charge in [-0.05, 0) is 43.5 Å². The van der Waals surface area contributed by atoms with Crippen LogP contribution in [0.3, 0.4) is 0 Å². The monoisotopic (exact) mass is 511 g/mol. The second-order valence-corrected chi connectivity index (χ2v) is 6.70. The molecule has 158 valence electrons. The molecule has 0 heterocycles. The lowest BCUT2D eigenvalue weighted by molar-refractivity contribution is 0.0600. The van der Waals surface area contributed by atoms with E-state index in [4.69, 9.17) is 4.74 Å². The number of carbonyl (C=O) groups excluding carboxylic acids is 1. The first-order valence-electron chi connectivity index (χ1n) is 9.43. The van der Waals surface area contributed by atoms with Crippen molar-refractivity contribution in [2.45, 2.75) is 25.9 Å². The highest BCUT2D eigenvalue weighted by atomic mass is 127. The zero-order chi connectivity index (χ0) is 20.4. The minimum Gasteiger partial charge on any atom is -0.465 e. The Labute approximate surface area is 189 Å². The highest BCUT2D eigenvalue weighted by Crippen LogP contribution is 2.20. The van der Waals surface area contributed by atoms with Crippen molar-refractivity contribution in [1.29, 1.82) is 0 Å². The molecule has 0 saturated carbocycles. The number of nitrogens with one attached hydrogen (secondary N) is 2. The van der Waals surface area contributed by atoms with Crippen LogP contribution in [0, 0.1) is 0 Å². The van der Waals surface area contributed by atoms with Gasteiger partial charge < -0.3 is 20.5 Å². The van der Waals surface area contributed by atoms with Gasteiger partial charge in [-0.15, -0.1) is 24.0 Å². The van der Waals surface area contributed by atoms with Gasteiger partial charge >= 0.3 is 5.97 Å². The van der Waals surface area contributed by atoms with E-state index in [0.717, 1.165) is 24.1 Å². The summed E-state index contributed by atoms with van der Waals surface area (Å²) in [5.74, 6) is 0.321. The fourth-order valence-corrected chi connectivity index (χ4v) is 2.71. The van der Waals surface area contributed by atoms with Crippen molar-refractivity contribution in [1.82, 2.24) is 10.6 Å². The lowest BCUT2D eigenvalue weighted by Gasteiger charge is -2.22. The number of hydrogen-bond donors (Lipinski definition) is 3. The molecule has 2 rings (SSSR count). The fourth-order valence-electron chi connectivity index (χ4n) is 2.71. The van der Waals surface area contributed by atoms with Crippen molar-refractivity contribution >= 4 is 35.9 Å². The van der Waals surface area contributed by atoms with E-state index in [2.05, 4.69) is 15.6 Å². The number of guanidine groups is 1. The highest BCUT2D eigenvalue weighted by Gasteiger charge is 2.22. The molecule has 0 aliphatic heterocycles. The number of methoxy groups -OCH3 is 1. The third-order valence-electron chi connectivity index (χ3n) is 4.37. The van der Waals surface area contributed by atoms with Crippen LogP contribution in [0.1, 0.15) is 35.3 Å². The first-order chi connectivity index (χ1) is 13.5. The number of aliphatic imine (C=N–C) groups is 1.